The molecule has 22 heavy (non-hydrogen) atoms. The Morgan fingerprint density at radius 1 is 1.09 bits per heavy atom. The first-order valence-electron chi connectivity index (χ1n) is 7.59. The zero-order chi connectivity index (χ0) is 15.4. The molecule has 0 amide bonds. The van der Waals surface area contributed by atoms with Crippen molar-refractivity contribution in [2.75, 3.05) is 20.2 Å². The predicted octanol–water partition coefficient (Wildman–Crippen LogP) is 4.53. The molecule has 2 aromatic carbocycles. The van der Waals surface area contributed by atoms with Crippen LogP contribution in [0.5, 0.6) is 5.75 Å². The third kappa shape index (κ3) is 3.37. The van der Waals surface area contributed by atoms with Crippen molar-refractivity contribution in [3.8, 4) is 5.75 Å². The van der Waals surface area contributed by atoms with Gasteiger partial charge in [-0.05, 0) is 54.8 Å². The van der Waals surface area contributed by atoms with Gasteiger partial charge in [0.05, 0.1) is 12.0 Å². The fourth-order valence-electron chi connectivity index (χ4n) is 2.67. The summed E-state index contributed by atoms with van der Waals surface area (Å²) in [7, 11) is 1.73. The number of methoxy groups -OCH3 is 1. The summed E-state index contributed by atoms with van der Waals surface area (Å²) in [5.74, 6) is 0.935. The summed E-state index contributed by atoms with van der Waals surface area (Å²) in [5, 5.41) is 3.38. The summed E-state index contributed by atoms with van der Waals surface area (Å²) >= 11 is 1.79. The van der Waals surface area contributed by atoms with Gasteiger partial charge in [-0.25, -0.2) is 0 Å². The van der Waals surface area contributed by atoms with E-state index in [0.717, 1.165) is 25.3 Å². The lowest BCUT2D eigenvalue weighted by molar-refractivity contribution is 0.404. The molecule has 0 saturated heterocycles. The Morgan fingerprint density at radius 3 is 2.73 bits per heavy atom. The molecule has 2 nitrogen and oxygen atoms in total. The molecule has 114 valence electrons. The van der Waals surface area contributed by atoms with Crippen molar-refractivity contribution in [3.05, 3.63) is 59.7 Å². The Kier molecular flexibility index (Phi) is 4.86. The summed E-state index contributed by atoms with van der Waals surface area (Å²) in [4.78, 5) is 2.46. The van der Waals surface area contributed by atoms with Crippen molar-refractivity contribution in [3.63, 3.8) is 0 Å². The van der Waals surface area contributed by atoms with E-state index in [9.17, 15) is 0 Å². The van der Waals surface area contributed by atoms with E-state index in [1.165, 1.54) is 26.5 Å². The second kappa shape index (κ2) is 7.03. The number of hydrogen-bond acceptors (Lipinski definition) is 3. The maximum atomic E-state index is 5.51. The highest BCUT2D eigenvalue weighted by Gasteiger charge is 2.13. The predicted molar refractivity (Wildman–Crippen MR) is 93.8 cm³/mol. The Balaban J connectivity index is 1.96. The van der Waals surface area contributed by atoms with Crippen LogP contribution in [0.15, 0.2) is 58.3 Å². The van der Waals surface area contributed by atoms with Crippen molar-refractivity contribution < 1.29 is 4.74 Å². The van der Waals surface area contributed by atoms with Gasteiger partial charge in [-0.1, -0.05) is 42.1 Å². The molecule has 1 heterocycles. The van der Waals surface area contributed by atoms with Gasteiger partial charge in [-0.2, -0.15) is 0 Å². The third-order valence-corrected chi connectivity index (χ3v) is 4.95. The van der Waals surface area contributed by atoms with Gasteiger partial charge in [0.15, 0.2) is 0 Å². The van der Waals surface area contributed by atoms with Crippen LogP contribution in [0.3, 0.4) is 0 Å². The lowest BCUT2D eigenvalue weighted by Crippen LogP contribution is -2.20. The van der Waals surface area contributed by atoms with Crippen LogP contribution in [0.25, 0.3) is 5.57 Å². The van der Waals surface area contributed by atoms with E-state index in [4.69, 9.17) is 4.74 Å². The highest BCUT2D eigenvalue weighted by atomic mass is 32.2. The molecule has 0 aromatic heterocycles. The summed E-state index contributed by atoms with van der Waals surface area (Å²) in [6.07, 6.45) is 3.39. The van der Waals surface area contributed by atoms with Crippen LogP contribution >= 0.6 is 11.8 Å². The molecular formula is C19H21NOS. The molecule has 2 aromatic rings. The number of rotatable bonds is 4. The second-order valence-electron chi connectivity index (χ2n) is 5.44. The van der Waals surface area contributed by atoms with Gasteiger partial charge in [0.25, 0.3) is 0 Å². The van der Waals surface area contributed by atoms with Gasteiger partial charge >= 0.3 is 0 Å². The number of hydrogen-bond donors (Lipinski definition) is 1. The molecule has 0 atom stereocenters. The van der Waals surface area contributed by atoms with Crippen LogP contribution in [-0.4, -0.2) is 20.2 Å². The first kappa shape index (κ1) is 15.2. The van der Waals surface area contributed by atoms with E-state index in [0.29, 0.717) is 0 Å². The van der Waals surface area contributed by atoms with Crippen LogP contribution < -0.4 is 10.1 Å². The summed E-state index contributed by atoms with van der Waals surface area (Å²) in [5.41, 5.74) is 4.04. The first-order valence-corrected chi connectivity index (χ1v) is 8.41. The van der Waals surface area contributed by atoms with Crippen molar-refractivity contribution >= 4 is 17.3 Å². The van der Waals surface area contributed by atoms with E-state index >= 15 is 0 Å². The minimum absolute atomic E-state index is 0.935. The standard InChI is InChI=1S/C19H21NOS/c1-14-7-8-17(21-2)19(13-14)22-18-6-4-3-5-16(18)15-9-11-20-12-10-15/h3-9,13,20H,10-12H2,1-2H3. The molecule has 0 bridgehead atoms. The maximum Gasteiger partial charge on any atom is 0.132 e. The average Bonchev–Trinajstić information content (AvgIpc) is 2.56. The topological polar surface area (TPSA) is 21.3 Å². The molecule has 3 rings (SSSR count). The Labute approximate surface area is 136 Å². The maximum absolute atomic E-state index is 5.51. The Morgan fingerprint density at radius 2 is 1.95 bits per heavy atom. The van der Waals surface area contributed by atoms with Gasteiger partial charge in [0.1, 0.15) is 5.75 Å². The molecule has 1 aliphatic rings. The molecule has 0 aliphatic carbocycles. The quantitative estimate of drug-likeness (QED) is 0.896. The van der Waals surface area contributed by atoms with Gasteiger partial charge in [0, 0.05) is 11.4 Å². The van der Waals surface area contributed by atoms with E-state index in [2.05, 4.69) is 54.7 Å². The number of nitrogens with one attached hydrogen (secondary N) is 1. The van der Waals surface area contributed by atoms with Crippen molar-refractivity contribution in [2.45, 2.75) is 23.1 Å². The van der Waals surface area contributed by atoms with E-state index in [1.807, 2.05) is 6.07 Å². The smallest absolute Gasteiger partial charge is 0.132 e. The SMILES string of the molecule is COc1ccc(C)cc1Sc1ccccc1C1=CCNCC1. The van der Waals surface area contributed by atoms with Gasteiger partial charge < -0.3 is 10.1 Å². The normalized spacial score (nSPS) is 14.5. The number of aryl methyl sites for hydroxylation is 1. The molecule has 0 unspecified atom stereocenters. The van der Waals surface area contributed by atoms with Crippen LogP contribution in [0.2, 0.25) is 0 Å². The van der Waals surface area contributed by atoms with Gasteiger partial charge in [-0.15, -0.1) is 0 Å². The minimum Gasteiger partial charge on any atom is -0.496 e. The Hall–Kier alpha value is -1.71. The molecule has 0 saturated carbocycles. The number of benzene rings is 2. The third-order valence-electron chi connectivity index (χ3n) is 3.84. The van der Waals surface area contributed by atoms with Crippen LogP contribution in [0.4, 0.5) is 0 Å². The van der Waals surface area contributed by atoms with Crippen LogP contribution in [-0.2, 0) is 0 Å². The molecular weight excluding hydrogens is 290 g/mol. The number of ether oxygens (including phenoxy) is 1. The zero-order valence-electron chi connectivity index (χ0n) is 13.1. The molecule has 1 N–H and O–H groups in total. The molecule has 0 spiro atoms. The Bertz CT molecular complexity index is 694. The monoisotopic (exact) mass is 311 g/mol. The van der Waals surface area contributed by atoms with E-state index < -0.39 is 0 Å². The van der Waals surface area contributed by atoms with Crippen molar-refractivity contribution in [1.82, 2.24) is 5.32 Å². The van der Waals surface area contributed by atoms with Gasteiger partial charge in [-0.3, -0.25) is 0 Å². The highest BCUT2D eigenvalue weighted by Crippen LogP contribution is 2.39. The van der Waals surface area contributed by atoms with E-state index in [-0.39, 0.29) is 0 Å². The summed E-state index contributed by atoms with van der Waals surface area (Å²) in [6.45, 7) is 4.13. The first-order chi connectivity index (χ1) is 10.8. The van der Waals surface area contributed by atoms with Gasteiger partial charge in [0.2, 0.25) is 0 Å². The molecule has 1 aliphatic heterocycles. The summed E-state index contributed by atoms with van der Waals surface area (Å²) < 4.78 is 5.51. The average molecular weight is 311 g/mol. The highest BCUT2D eigenvalue weighted by molar-refractivity contribution is 7.99. The van der Waals surface area contributed by atoms with Crippen LogP contribution in [0.1, 0.15) is 17.5 Å². The fourth-order valence-corrected chi connectivity index (χ4v) is 3.86. The fraction of sp³-hybridized carbons (Fsp3) is 0.263. The molecule has 0 radical (unpaired) electrons. The van der Waals surface area contributed by atoms with Crippen molar-refractivity contribution in [1.29, 1.82) is 0 Å². The minimum atomic E-state index is 0.935. The van der Waals surface area contributed by atoms with E-state index in [1.54, 1.807) is 18.9 Å². The zero-order valence-corrected chi connectivity index (χ0v) is 13.9. The second-order valence-corrected chi connectivity index (χ2v) is 6.52. The molecule has 0 fully saturated rings. The van der Waals surface area contributed by atoms with Crippen molar-refractivity contribution in [2.24, 2.45) is 0 Å². The summed E-state index contributed by atoms with van der Waals surface area (Å²) in [6, 6.07) is 15.0. The molecule has 3 heteroatoms. The van der Waals surface area contributed by atoms with Crippen LogP contribution in [0, 0.1) is 6.92 Å². The largest absolute Gasteiger partial charge is 0.496 e. The lowest BCUT2D eigenvalue weighted by atomic mass is 10.0. The lowest BCUT2D eigenvalue weighted by Gasteiger charge is -2.18.